The minimum atomic E-state index is -0.643. The summed E-state index contributed by atoms with van der Waals surface area (Å²) < 4.78 is 13.0. The summed E-state index contributed by atoms with van der Waals surface area (Å²) in [6.45, 7) is 6.57. The molecule has 1 heterocycles. The smallest absolute Gasteiger partial charge is 0.251 e. The maximum absolute atomic E-state index is 13.0. The molecule has 3 atom stereocenters. The second-order valence-corrected chi connectivity index (χ2v) is 6.78. The van der Waals surface area contributed by atoms with Crippen molar-refractivity contribution in [1.29, 1.82) is 0 Å². The van der Waals surface area contributed by atoms with Crippen LogP contribution in [0.25, 0.3) is 0 Å². The number of hydrogen-bond acceptors (Lipinski definition) is 3. The van der Waals surface area contributed by atoms with Crippen LogP contribution in [0.5, 0.6) is 0 Å². The lowest BCUT2D eigenvalue weighted by atomic mass is 10.0. The van der Waals surface area contributed by atoms with E-state index in [1.54, 1.807) is 11.8 Å². The first kappa shape index (κ1) is 18.4. The predicted octanol–water partition coefficient (Wildman–Crippen LogP) is 1.81. The van der Waals surface area contributed by atoms with Gasteiger partial charge in [0.05, 0.1) is 6.10 Å². The minimum absolute atomic E-state index is 0.0764. The van der Waals surface area contributed by atoms with Gasteiger partial charge in [-0.05, 0) is 43.5 Å². The Hall–Kier alpha value is -1.95. The highest BCUT2D eigenvalue weighted by molar-refractivity contribution is 5.97. The summed E-state index contributed by atoms with van der Waals surface area (Å²) in [5, 5.41) is 12.4. The minimum Gasteiger partial charge on any atom is -0.393 e. The van der Waals surface area contributed by atoms with Gasteiger partial charge in [0.2, 0.25) is 5.91 Å². The zero-order valence-corrected chi connectivity index (χ0v) is 14.3. The van der Waals surface area contributed by atoms with Crippen LogP contribution in [0.15, 0.2) is 24.3 Å². The summed E-state index contributed by atoms with van der Waals surface area (Å²) in [5.74, 6) is -0.941. The molecular formula is C18H25FN2O3. The zero-order valence-electron chi connectivity index (χ0n) is 14.3. The van der Waals surface area contributed by atoms with E-state index in [9.17, 15) is 19.1 Å². The topological polar surface area (TPSA) is 69.6 Å². The average molecular weight is 336 g/mol. The van der Waals surface area contributed by atoms with Crippen LogP contribution in [-0.4, -0.2) is 47.1 Å². The fourth-order valence-corrected chi connectivity index (χ4v) is 2.92. The molecule has 1 fully saturated rings. The van der Waals surface area contributed by atoms with Gasteiger partial charge in [-0.3, -0.25) is 9.59 Å². The largest absolute Gasteiger partial charge is 0.393 e. The average Bonchev–Trinajstić information content (AvgIpc) is 3.02. The van der Waals surface area contributed by atoms with Crippen LogP contribution in [0.1, 0.15) is 37.6 Å². The van der Waals surface area contributed by atoms with Gasteiger partial charge in [-0.25, -0.2) is 4.39 Å². The number of aliphatic hydroxyl groups is 1. The fraction of sp³-hybridized carbons (Fsp3) is 0.556. The standard InChI is InChI=1S/C18H25FN2O3/c1-11(2)16(18(24)21-9-8-14(10-21)12(3)22)20-17(23)13-4-6-15(19)7-5-13/h4-7,11-12,14,16,22H,8-10H2,1-3H3,(H,20,23). The van der Waals surface area contributed by atoms with Gasteiger partial charge in [0, 0.05) is 24.6 Å². The number of carbonyl (C=O) groups is 2. The normalized spacial score (nSPS) is 20.1. The maximum Gasteiger partial charge on any atom is 0.251 e. The molecular weight excluding hydrogens is 311 g/mol. The molecule has 0 aromatic heterocycles. The van der Waals surface area contributed by atoms with Crippen LogP contribution in [0.2, 0.25) is 0 Å². The van der Waals surface area contributed by atoms with Crippen LogP contribution in [0.3, 0.4) is 0 Å². The van der Waals surface area contributed by atoms with E-state index in [0.717, 1.165) is 6.42 Å². The molecule has 0 radical (unpaired) electrons. The van der Waals surface area contributed by atoms with E-state index in [1.807, 2.05) is 13.8 Å². The van der Waals surface area contributed by atoms with E-state index in [2.05, 4.69) is 5.32 Å². The Balaban J connectivity index is 2.05. The first-order chi connectivity index (χ1) is 11.3. The van der Waals surface area contributed by atoms with Crippen LogP contribution in [-0.2, 0) is 4.79 Å². The summed E-state index contributed by atoms with van der Waals surface area (Å²) in [4.78, 5) is 26.8. The third-order valence-corrected chi connectivity index (χ3v) is 4.54. The molecule has 2 rings (SSSR count). The number of amides is 2. The van der Waals surface area contributed by atoms with Crippen LogP contribution >= 0.6 is 0 Å². The van der Waals surface area contributed by atoms with Crippen molar-refractivity contribution in [1.82, 2.24) is 10.2 Å². The Morgan fingerprint density at radius 2 is 1.88 bits per heavy atom. The number of hydrogen-bond donors (Lipinski definition) is 2. The molecule has 5 nitrogen and oxygen atoms in total. The molecule has 6 heteroatoms. The molecule has 132 valence electrons. The number of likely N-dealkylation sites (tertiary alicyclic amines) is 1. The van der Waals surface area contributed by atoms with Crippen molar-refractivity contribution in [3.63, 3.8) is 0 Å². The van der Waals surface area contributed by atoms with Gasteiger partial charge in [0.25, 0.3) is 5.91 Å². The highest BCUT2D eigenvalue weighted by Crippen LogP contribution is 2.21. The van der Waals surface area contributed by atoms with Crippen molar-refractivity contribution in [2.24, 2.45) is 11.8 Å². The molecule has 2 amide bonds. The molecule has 1 aromatic rings. The molecule has 2 N–H and O–H groups in total. The first-order valence-corrected chi connectivity index (χ1v) is 8.33. The molecule has 0 saturated carbocycles. The number of aliphatic hydroxyl groups excluding tert-OH is 1. The Kier molecular flexibility index (Phi) is 5.94. The number of nitrogens with one attached hydrogen (secondary N) is 1. The fourth-order valence-electron chi connectivity index (χ4n) is 2.92. The van der Waals surface area contributed by atoms with Crippen molar-refractivity contribution in [2.45, 2.75) is 39.3 Å². The third kappa shape index (κ3) is 4.32. The van der Waals surface area contributed by atoms with Gasteiger partial charge in [-0.15, -0.1) is 0 Å². The third-order valence-electron chi connectivity index (χ3n) is 4.54. The van der Waals surface area contributed by atoms with Crippen LogP contribution in [0, 0.1) is 17.7 Å². The molecule has 24 heavy (non-hydrogen) atoms. The molecule has 1 aliphatic rings. The highest BCUT2D eigenvalue weighted by Gasteiger charge is 2.34. The van der Waals surface area contributed by atoms with E-state index >= 15 is 0 Å². The summed E-state index contributed by atoms with van der Waals surface area (Å²) >= 11 is 0. The lowest BCUT2D eigenvalue weighted by molar-refractivity contribution is -0.133. The lowest BCUT2D eigenvalue weighted by Crippen LogP contribution is -2.50. The van der Waals surface area contributed by atoms with E-state index in [1.165, 1.54) is 24.3 Å². The number of nitrogens with zero attached hydrogens (tertiary/aromatic N) is 1. The zero-order chi connectivity index (χ0) is 17.9. The molecule has 0 bridgehead atoms. The number of carbonyl (C=O) groups excluding carboxylic acids is 2. The predicted molar refractivity (Wildman–Crippen MR) is 88.9 cm³/mol. The Bertz CT molecular complexity index is 586. The van der Waals surface area contributed by atoms with E-state index < -0.39 is 23.9 Å². The summed E-state index contributed by atoms with van der Waals surface area (Å²) in [6.07, 6.45) is 0.314. The molecule has 3 unspecified atom stereocenters. The van der Waals surface area contributed by atoms with Gasteiger partial charge >= 0.3 is 0 Å². The van der Waals surface area contributed by atoms with Gasteiger partial charge in [0.15, 0.2) is 0 Å². The number of rotatable bonds is 5. The van der Waals surface area contributed by atoms with Gasteiger partial charge in [-0.2, -0.15) is 0 Å². The SMILES string of the molecule is CC(C)C(NC(=O)c1ccc(F)cc1)C(=O)N1CCC(C(C)O)C1. The van der Waals surface area contributed by atoms with Crippen LogP contribution < -0.4 is 5.32 Å². The first-order valence-electron chi connectivity index (χ1n) is 8.33. The Morgan fingerprint density at radius 1 is 1.25 bits per heavy atom. The lowest BCUT2D eigenvalue weighted by Gasteiger charge is -2.27. The summed E-state index contributed by atoms with van der Waals surface area (Å²) in [7, 11) is 0. The quantitative estimate of drug-likeness (QED) is 0.861. The molecule has 0 spiro atoms. The van der Waals surface area contributed by atoms with E-state index in [-0.39, 0.29) is 17.7 Å². The van der Waals surface area contributed by atoms with Crippen molar-refractivity contribution >= 4 is 11.8 Å². The van der Waals surface area contributed by atoms with Crippen molar-refractivity contribution in [3.8, 4) is 0 Å². The van der Waals surface area contributed by atoms with Crippen LogP contribution in [0.4, 0.5) is 4.39 Å². The van der Waals surface area contributed by atoms with Gasteiger partial charge in [0.1, 0.15) is 11.9 Å². The summed E-state index contributed by atoms with van der Waals surface area (Å²) in [6, 6.07) is 4.58. The Morgan fingerprint density at radius 3 is 2.38 bits per heavy atom. The number of halogens is 1. The number of benzene rings is 1. The van der Waals surface area contributed by atoms with Crippen molar-refractivity contribution in [3.05, 3.63) is 35.6 Å². The maximum atomic E-state index is 13.0. The molecule has 1 aliphatic heterocycles. The van der Waals surface area contributed by atoms with Crippen molar-refractivity contribution < 1.29 is 19.1 Å². The second-order valence-electron chi connectivity index (χ2n) is 6.78. The second kappa shape index (κ2) is 7.75. The van der Waals surface area contributed by atoms with Gasteiger partial charge < -0.3 is 15.3 Å². The Labute approximate surface area is 141 Å². The highest BCUT2D eigenvalue weighted by atomic mass is 19.1. The molecule has 1 aromatic carbocycles. The van der Waals surface area contributed by atoms with Gasteiger partial charge in [-0.1, -0.05) is 13.8 Å². The van der Waals surface area contributed by atoms with E-state index in [4.69, 9.17) is 0 Å². The monoisotopic (exact) mass is 336 g/mol. The van der Waals surface area contributed by atoms with Crippen molar-refractivity contribution in [2.75, 3.05) is 13.1 Å². The summed E-state index contributed by atoms with van der Waals surface area (Å²) in [5.41, 5.74) is 0.318. The molecule has 1 saturated heterocycles. The molecule has 0 aliphatic carbocycles. The van der Waals surface area contributed by atoms with E-state index in [0.29, 0.717) is 18.7 Å².